The molecule has 0 amide bonds. The summed E-state index contributed by atoms with van der Waals surface area (Å²) >= 11 is 0. The first-order valence-electron chi connectivity index (χ1n) is 11.7. The van der Waals surface area contributed by atoms with Gasteiger partial charge in [0.2, 0.25) is 0 Å². The van der Waals surface area contributed by atoms with Gasteiger partial charge in [-0.05, 0) is 0 Å². The zero-order chi connectivity index (χ0) is 23.2. The van der Waals surface area contributed by atoms with Crippen LogP contribution in [0, 0.1) is 27.7 Å². The van der Waals surface area contributed by atoms with E-state index >= 15 is 0 Å². The third-order valence-electron chi connectivity index (χ3n) is 6.29. The summed E-state index contributed by atoms with van der Waals surface area (Å²) in [6, 6.07) is 27.0. The van der Waals surface area contributed by atoms with E-state index in [4.69, 9.17) is 9.47 Å². The van der Waals surface area contributed by atoms with Crippen LogP contribution in [-0.4, -0.2) is 18.7 Å². The van der Waals surface area contributed by atoms with Gasteiger partial charge >= 0.3 is 195 Å². The minimum absolute atomic E-state index is 0.582. The average Bonchev–Trinajstić information content (AvgIpc) is 2.78. The van der Waals surface area contributed by atoms with Crippen molar-refractivity contribution in [3.05, 3.63) is 96.4 Å². The van der Waals surface area contributed by atoms with E-state index in [1.54, 1.807) is 0 Å². The number of aryl methyl sites for hydroxylation is 3. The first-order chi connectivity index (χ1) is 15.4. The summed E-state index contributed by atoms with van der Waals surface area (Å²) < 4.78 is 13.5. The Kier molecular flexibility index (Phi) is 8.28. The molecule has 0 spiro atoms. The molecule has 0 heterocycles. The molecule has 3 rings (SSSR count). The summed E-state index contributed by atoms with van der Waals surface area (Å²) in [5, 5.41) is 3.89. The second-order valence-electron chi connectivity index (χ2n) is 8.57. The van der Waals surface area contributed by atoms with Gasteiger partial charge in [0, 0.05) is 0 Å². The van der Waals surface area contributed by atoms with Crippen molar-refractivity contribution in [3.63, 3.8) is 0 Å². The Balaban J connectivity index is 2.50. The van der Waals surface area contributed by atoms with Gasteiger partial charge in [-0.3, -0.25) is 0 Å². The molecule has 0 N–H and O–H groups in total. The number of ether oxygens (including phenoxy) is 2. The van der Waals surface area contributed by atoms with Gasteiger partial charge in [-0.2, -0.15) is 0 Å². The predicted octanol–water partition coefficient (Wildman–Crippen LogP) is 5.98. The van der Waals surface area contributed by atoms with E-state index in [1.807, 2.05) is 0 Å². The normalized spacial score (nSPS) is 12.7. The Labute approximate surface area is 195 Å². The third-order valence-corrected chi connectivity index (χ3v) is 11.6. The molecule has 0 bridgehead atoms. The zero-order valence-corrected chi connectivity index (χ0v) is 21.3. The predicted molar refractivity (Wildman–Crippen MR) is 141 cm³/mol. The quantitative estimate of drug-likeness (QED) is 0.280. The van der Waals surface area contributed by atoms with Crippen LogP contribution in [0.3, 0.4) is 0 Å². The van der Waals surface area contributed by atoms with E-state index in [-0.39, 0.29) is 0 Å². The molecule has 171 valence electrons. The molecule has 2 nitrogen and oxygen atoms in total. The van der Waals surface area contributed by atoms with Gasteiger partial charge in [0.25, 0.3) is 0 Å². The summed E-state index contributed by atoms with van der Waals surface area (Å²) in [6.07, 6.45) is 1.47. The Hall–Kier alpha value is -1.99. The number of hydrogen-bond acceptors (Lipinski definition) is 2. The second-order valence-corrected chi connectivity index (χ2v) is 12.6. The molecule has 3 heteroatoms. The molecule has 3 aromatic rings. The topological polar surface area (TPSA) is 18.5 Å². The van der Waals surface area contributed by atoms with E-state index in [2.05, 4.69) is 114 Å². The monoisotopic (exact) mass is 449 g/mol. The van der Waals surface area contributed by atoms with Crippen LogP contribution in [0.4, 0.5) is 0 Å². The number of hydrogen-bond donors (Lipinski definition) is 0. The van der Waals surface area contributed by atoms with Crippen molar-refractivity contribution in [2.75, 3.05) is 13.2 Å². The summed E-state index contributed by atoms with van der Waals surface area (Å²) in [5.74, 6) is 0. The molecule has 0 saturated heterocycles. The van der Waals surface area contributed by atoms with Gasteiger partial charge in [0.1, 0.15) is 0 Å². The maximum atomic E-state index is 6.73. The SMILES string of the molecule is [CH2]CCC(OCC)(OCC)[PH](c1ccc(C)cc1)(c1ccc(C)cc1)c1ccc(C)cc1. The Morgan fingerprint density at radius 1 is 0.625 bits per heavy atom. The van der Waals surface area contributed by atoms with Gasteiger partial charge < -0.3 is 0 Å². The summed E-state index contributed by atoms with van der Waals surface area (Å²) in [7, 11) is -2.82. The van der Waals surface area contributed by atoms with Crippen molar-refractivity contribution in [1.29, 1.82) is 0 Å². The van der Waals surface area contributed by atoms with Gasteiger partial charge in [-0.1, -0.05) is 0 Å². The fraction of sp³-hybridized carbons (Fsp3) is 0.345. The summed E-state index contributed by atoms with van der Waals surface area (Å²) in [4.78, 5) is 0. The molecular formula is C29H38O2P. The van der Waals surface area contributed by atoms with E-state index in [0.717, 1.165) is 12.8 Å². The Bertz CT molecular complexity index is 847. The van der Waals surface area contributed by atoms with Crippen LogP contribution in [0.2, 0.25) is 0 Å². The van der Waals surface area contributed by atoms with E-state index in [9.17, 15) is 0 Å². The van der Waals surface area contributed by atoms with Crippen molar-refractivity contribution in [2.24, 2.45) is 0 Å². The van der Waals surface area contributed by atoms with E-state index < -0.39 is 12.8 Å². The van der Waals surface area contributed by atoms with Crippen molar-refractivity contribution in [2.45, 2.75) is 53.0 Å². The van der Waals surface area contributed by atoms with Gasteiger partial charge in [0.15, 0.2) is 0 Å². The second kappa shape index (κ2) is 10.8. The summed E-state index contributed by atoms with van der Waals surface area (Å²) in [5.41, 5.74) is 2.98. The standard InChI is InChI=1S/C29H38O2P/c1-7-22-29(30-8-2,31-9-3)32(26-16-10-23(4)11-17-26,27-18-12-24(5)13-19-27)28-20-14-25(6)15-21-28/h10-21,32H,1,7-9,22H2,2-6H3. The Morgan fingerprint density at radius 2 is 0.938 bits per heavy atom. The molecule has 0 fully saturated rings. The Morgan fingerprint density at radius 3 is 1.19 bits per heavy atom. The molecule has 0 atom stereocenters. The molecule has 0 saturated carbocycles. The van der Waals surface area contributed by atoms with Gasteiger partial charge in [0.05, 0.1) is 0 Å². The first-order valence-corrected chi connectivity index (χ1v) is 13.7. The average molecular weight is 450 g/mol. The summed E-state index contributed by atoms with van der Waals surface area (Å²) in [6.45, 7) is 15.9. The zero-order valence-electron chi connectivity index (χ0n) is 20.3. The van der Waals surface area contributed by atoms with Crippen molar-refractivity contribution < 1.29 is 9.47 Å². The van der Waals surface area contributed by atoms with Crippen LogP contribution in [-0.2, 0) is 9.47 Å². The van der Waals surface area contributed by atoms with Crippen molar-refractivity contribution >= 4 is 23.2 Å². The van der Waals surface area contributed by atoms with E-state index in [0.29, 0.717) is 13.2 Å². The van der Waals surface area contributed by atoms with Crippen LogP contribution < -0.4 is 15.9 Å². The maximum absolute atomic E-state index is 6.73. The van der Waals surface area contributed by atoms with Crippen LogP contribution in [0.15, 0.2) is 72.8 Å². The van der Waals surface area contributed by atoms with E-state index in [1.165, 1.54) is 32.6 Å². The van der Waals surface area contributed by atoms with Crippen LogP contribution in [0.5, 0.6) is 0 Å². The molecule has 32 heavy (non-hydrogen) atoms. The number of rotatable bonds is 10. The van der Waals surface area contributed by atoms with Crippen molar-refractivity contribution in [3.8, 4) is 0 Å². The first kappa shape index (κ1) is 24.6. The minimum atomic E-state index is -2.82. The molecule has 0 aliphatic rings. The fourth-order valence-electron chi connectivity index (χ4n) is 4.86. The van der Waals surface area contributed by atoms with Gasteiger partial charge in [-0.25, -0.2) is 0 Å². The molecule has 0 aromatic heterocycles. The molecule has 0 unspecified atom stereocenters. The van der Waals surface area contributed by atoms with Crippen LogP contribution in [0.25, 0.3) is 0 Å². The number of benzene rings is 3. The molecule has 0 aliphatic carbocycles. The third kappa shape index (κ3) is 4.55. The molecule has 0 aliphatic heterocycles. The molecule has 3 aromatic carbocycles. The van der Waals surface area contributed by atoms with Crippen LogP contribution in [0.1, 0.15) is 43.4 Å². The van der Waals surface area contributed by atoms with Gasteiger partial charge in [-0.15, -0.1) is 0 Å². The fourth-order valence-corrected chi connectivity index (χ4v) is 10.5. The van der Waals surface area contributed by atoms with Crippen molar-refractivity contribution in [1.82, 2.24) is 0 Å². The molecule has 1 radical (unpaired) electrons. The van der Waals surface area contributed by atoms with Crippen LogP contribution >= 0.6 is 7.26 Å². The molecular weight excluding hydrogens is 411 g/mol.